The van der Waals surface area contributed by atoms with Gasteiger partial charge in [-0.1, -0.05) is 12.8 Å². The van der Waals surface area contributed by atoms with Gasteiger partial charge in [-0.2, -0.15) is 0 Å². The van der Waals surface area contributed by atoms with Gasteiger partial charge in [0, 0.05) is 11.8 Å². The van der Waals surface area contributed by atoms with E-state index >= 15 is 0 Å². The molecule has 3 rings (SSSR count). The van der Waals surface area contributed by atoms with E-state index in [2.05, 4.69) is 0 Å². The summed E-state index contributed by atoms with van der Waals surface area (Å²) in [5.74, 6) is 1.13. The third kappa shape index (κ3) is 0.979. The standard InChI is InChI=1S/C12H18O2/c13-11-8-4-5-10(11)12(14)6-2-1-3-9(12)7-8/h8-10,14H,1-7H2/t8-,9-,10+,12+/m0/s1. The molecule has 0 radical (unpaired) electrons. The van der Waals surface area contributed by atoms with E-state index in [4.69, 9.17) is 0 Å². The van der Waals surface area contributed by atoms with Crippen LogP contribution in [-0.2, 0) is 4.79 Å². The Morgan fingerprint density at radius 1 is 1.21 bits per heavy atom. The molecule has 2 nitrogen and oxygen atoms in total. The average molecular weight is 194 g/mol. The highest BCUT2D eigenvalue weighted by atomic mass is 16.3. The quantitative estimate of drug-likeness (QED) is 0.639. The zero-order valence-corrected chi connectivity index (χ0v) is 8.54. The first-order chi connectivity index (χ1) is 6.72. The largest absolute Gasteiger partial charge is 0.389 e. The highest BCUT2D eigenvalue weighted by Crippen LogP contribution is 2.53. The van der Waals surface area contributed by atoms with E-state index in [1.165, 1.54) is 6.42 Å². The molecule has 0 saturated heterocycles. The highest BCUT2D eigenvalue weighted by Gasteiger charge is 2.56. The number of carbonyl (C=O) groups is 1. The van der Waals surface area contributed by atoms with E-state index in [0.29, 0.717) is 17.6 Å². The lowest BCUT2D eigenvalue weighted by Gasteiger charge is -2.46. The maximum absolute atomic E-state index is 11.9. The SMILES string of the molecule is O=C1[C@H]2CC[C@H]1[C@@]1(O)CCCC[C@H]1C2. The number of carbonyl (C=O) groups excluding carboxylic acids is 1. The third-order valence-electron chi connectivity index (χ3n) is 4.81. The Labute approximate surface area is 84.7 Å². The molecule has 2 heteroatoms. The molecule has 14 heavy (non-hydrogen) atoms. The van der Waals surface area contributed by atoms with E-state index in [1.807, 2.05) is 0 Å². The van der Waals surface area contributed by atoms with Crippen LogP contribution in [0.4, 0.5) is 0 Å². The monoisotopic (exact) mass is 194 g/mol. The second-order valence-electron chi connectivity index (χ2n) is 5.40. The van der Waals surface area contributed by atoms with Crippen molar-refractivity contribution in [1.82, 2.24) is 0 Å². The van der Waals surface area contributed by atoms with Gasteiger partial charge >= 0.3 is 0 Å². The summed E-state index contributed by atoms with van der Waals surface area (Å²) in [4.78, 5) is 11.9. The Morgan fingerprint density at radius 3 is 2.93 bits per heavy atom. The molecule has 78 valence electrons. The van der Waals surface area contributed by atoms with Crippen LogP contribution in [0, 0.1) is 17.8 Å². The number of ketones is 1. The second kappa shape index (κ2) is 2.82. The molecule has 0 aromatic rings. The molecular weight excluding hydrogens is 176 g/mol. The fourth-order valence-electron chi connectivity index (χ4n) is 4.04. The lowest BCUT2D eigenvalue weighted by atomic mass is 9.62. The number of hydrogen-bond acceptors (Lipinski definition) is 2. The van der Waals surface area contributed by atoms with Gasteiger partial charge in [0.15, 0.2) is 0 Å². The van der Waals surface area contributed by atoms with Crippen molar-refractivity contribution in [3.8, 4) is 0 Å². The Hall–Kier alpha value is -0.370. The minimum absolute atomic E-state index is 0.00606. The summed E-state index contributed by atoms with van der Waals surface area (Å²) in [7, 11) is 0. The maximum atomic E-state index is 11.9. The highest BCUT2D eigenvalue weighted by molar-refractivity contribution is 5.87. The molecule has 3 aliphatic carbocycles. The van der Waals surface area contributed by atoms with E-state index in [9.17, 15) is 9.90 Å². The Balaban J connectivity index is 1.96. The first-order valence-corrected chi connectivity index (χ1v) is 5.98. The molecular formula is C12H18O2. The van der Waals surface area contributed by atoms with Crippen LogP contribution in [0.1, 0.15) is 44.9 Å². The first-order valence-electron chi connectivity index (χ1n) is 5.98. The summed E-state index contributed by atoms with van der Waals surface area (Å²) in [5, 5.41) is 10.6. The predicted molar refractivity (Wildman–Crippen MR) is 52.7 cm³/mol. The normalized spacial score (nSPS) is 51.8. The summed E-state index contributed by atoms with van der Waals surface area (Å²) < 4.78 is 0. The molecule has 0 amide bonds. The number of hydrogen-bond donors (Lipinski definition) is 1. The van der Waals surface area contributed by atoms with Gasteiger partial charge in [0.05, 0.1) is 5.60 Å². The molecule has 1 N–H and O–H groups in total. The van der Waals surface area contributed by atoms with Gasteiger partial charge in [-0.3, -0.25) is 4.79 Å². The van der Waals surface area contributed by atoms with Gasteiger partial charge in [-0.05, 0) is 38.0 Å². The number of fused-ring (bicyclic) bond motifs is 4. The predicted octanol–water partition coefficient (Wildman–Crippen LogP) is 1.91. The van der Waals surface area contributed by atoms with Crippen molar-refractivity contribution < 1.29 is 9.90 Å². The number of rotatable bonds is 0. The fraction of sp³-hybridized carbons (Fsp3) is 0.917. The van der Waals surface area contributed by atoms with E-state index in [0.717, 1.165) is 38.5 Å². The number of aliphatic hydroxyl groups is 1. The van der Waals surface area contributed by atoms with Crippen LogP contribution >= 0.6 is 0 Å². The van der Waals surface area contributed by atoms with Crippen molar-refractivity contribution in [1.29, 1.82) is 0 Å². The Morgan fingerprint density at radius 2 is 2.07 bits per heavy atom. The van der Waals surface area contributed by atoms with Crippen molar-refractivity contribution >= 4 is 5.78 Å². The maximum Gasteiger partial charge on any atom is 0.141 e. The van der Waals surface area contributed by atoms with Crippen molar-refractivity contribution in [2.75, 3.05) is 0 Å². The van der Waals surface area contributed by atoms with Crippen molar-refractivity contribution in [2.24, 2.45) is 17.8 Å². The molecule has 0 aromatic heterocycles. The lowest BCUT2D eigenvalue weighted by Crippen LogP contribution is -2.53. The van der Waals surface area contributed by atoms with Crippen molar-refractivity contribution in [3.63, 3.8) is 0 Å². The van der Waals surface area contributed by atoms with Crippen LogP contribution in [0.5, 0.6) is 0 Å². The smallest absolute Gasteiger partial charge is 0.141 e. The minimum Gasteiger partial charge on any atom is -0.389 e. The van der Waals surface area contributed by atoms with Crippen LogP contribution in [-0.4, -0.2) is 16.5 Å². The third-order valence-corrected chi connectivity index (χ3v) is 4.81. The van der Waals surface area contributed by atoms with Gasteiger partial charge in [0.2, 0.25) is 0 Å². The Bertz CT molecular complexity index is 273. The fourth-order valence-corrected chi connectivity index (χ4v) is 4.04. The molecule has 4 atom stereocenters. The van der Waals surface area contributed by atoms with Crippen LogP contribution in [0.3, 0.4) is 0 Å². The van der Waals surface area contributed by atoms with Crippen molar-refractivity contribution in [3.05, 3.63) is 0 Å². The molecule has 0 unspecified atom stereocenters. The first kappa shape index (κ1) is 8.90. The zero-order valence-electron chi connectivity index (χ0n) is 8.54. The van der Waals surface area contributed by atoms with Gasteiger partial charge in [0.1, 0.15) is 5.78 Å². The zero-order chi connectivity index (χ0) is 9.76. The summed E-state index contributed by atoms with van der Waals surface area (Å²) in [6.07, 6.45) is 7.37. The summed E-state index contributed by atoms with van der Waals surface area (Å²) in [5.41, 5.74) is -0.595. The summed E-state index contributed by atoms with van der Waals surface area (Å²) in [6.45, 7) is 0. The molecule has 0 aromatic carbocycles. The molecule has 2 bridgehead atoms. The van der Waals surface area contributed by atoms with E-state index in [1.54, 1.807) is 0 Å². The van der Waals surface area contributed by atoms with Gasteiger partial charge in [-0.25, -0.2) is 0 Å². The minimum atomic E-state index is -0.595. The van der Waals surface area contributed by atoms with Crippen LogP contribution in [0.15, 0.2) is 0 Å². The summed E-state index contributed by atoms with van der Waals surface area (Å²) >= 11 is 0. The van der Waals surface area contributed by atoms with Crippen molar-refractivity contribution in [2.45, 2.75) is 50.5 Å². The summed E-state index contributed by atoms with van der Waals surface area (Å²) in [6, 6.07) is 0. The van der Waals surface area contributed by atoms with Gasteiger partial charge < -0.3 is 5.11 Å². The second-order valence-corrected chi connectivity index (χ2v) is 5.40. The Kier molecular flexibility index (Phi) is 1.79. The van der Waals surface area contributed by atoms with Crippen LogP contribution in [0.25, 0.3) is 0 Å². The van der Waals surface area contributed by atoms with Crippen LogP contribution < -0.4 is 0 Å². The van der Waals surface area contributed by atoms with Gasteiger partial charge in [0.25, 0.3) is 0 Å². The topological polar surface area (TPSA) is 37.3 Å². The van der Waals surface area contributed by atoms with E-state index < -0.39 is 5.60 Å². The van der Waals surface area contributed by atoms with E-state index in [-0.39, 0.29) is 5.92 Å². The molecule has 0 heterocycles. The molecule has 0 aliphatic heterocycles. The number of Topliss-reactive ketones (excluding diaryl/α,β-unsaturated/α-hetero) is 1. The lowest BCUT2D eigenvalue weighted by molar-refractivity contribution is -0.152. The molecule has 3 saturated carbocycles. The molecule has 3 fully saturated rings. The molecule has 0 spiro atoms. The average Bonchev–Trinajstić information content (AvgIpc) is 2.46. The van der Waals surface area contributed by atoms with Crippen LogP contribution in [0.2, 0.25) is 0 Å². The molecule has 3 aliphatic rings. The van der Waals surface area contributed by atoms with Gasteiger partial charge in [-0.15, -0.1) is 0 Å².